The van der Waals surface area contributed by atoms with E-state index in [2.05, 4.69) is 151 Å². The molecule has 12 rings (SSSR count). The van der Waals surface area contributed by atoms with Crippen LogP contribution in [0, 0.1) is 23.5 Å². The van der Waals surface area contributed by atoms with Crippen LogP contribution in [-0.4, -0.2) is 11.6 Å². The van der Waals surface area contributed by atoms with E-state index in [4.69, 9.17) is 9.15 Å². The fourth-order valence-electron chi connectivity index (χ4n) is 10.7. The Bertz CT molecular complexity index is 3020. The average molecular weight is 722 g/mol. The number of rotatable bonds is 3. The maximum Gasteiger partial charge on any atom is 0.140 e. The first-order chi connectivity index (χ1) is 27.4. The molecule has 4 heterocycles. The van der Waals surface area contributed by atoms with Crippen molar-refractivity contribution in [1.29, 1.82) is 5.26 Å². The number of nitrogens with zero attached hydrogens (tertiary/aromatic N) is 3. The van der Waals surface area contributed by atoms with E-state index < -0.39 is 0 Å². The molecule has 266 valence electrons. The lowest BCUT2D eigenvalue weighted by molar-refractivity contribution is 0.318. The Hall–Kier alpha value is -6.95. The predicted octanol–water partition coefficient (Wildman–Crippen LogP) is 10.1. The summed E-state index contributed by atoms with van der Waals surface area (Å²) in [6.07, 6.45) is 7.89. The fourth-order valence-corrected chi connectivity index (χ4v) is 10.7. The quantitative estimate of drug-likeness (QED) is 0.182. The monoisotopic (exact) mass is 721 g/mol. The standard InChI is InChI=1S/C51H35N3O2/c1-50-29-44-37(26-48(50)56-46-21-10-6-16-39(46)50)34-13-3-7-17-41(34)53(44)43-19-11-12-32(30-52)49(43)31-22-24-33(25-23-31)54-42-18-8-4-15-36(42)40-27-47-38(28-51(40,54)2)35-14-5-9-20-45(35)55-47/h3-5,7-15,17-28,37,40,44H,29H2,1-2H3. The van der Waals surface area contributed by atoms with Gasteiger partial charge in [0, 0.05) is 51.1 Å². The molecule has 5 nitrogen and oxygen atoms in total. The van der Waals surface area contributed by atoms with E-state index in [1.165, 1.54) is 22.5 Å². The number of furan rings is 1. The Balaban J connectivity index is 0.985. The van der Waals surface area contributed by atoms with Crippen LogP contribution >= 0.6 is 0 Å². The molecule has 2 aliphatic carbocycles. The van der Waals surface area contributed by atoms with Crippen molar-refractivity contribution in [3.05, 3.63) is 184 Å². The lowest BCUT2D eigenvalue weighted by atomic mass is 9.69. The molecular formula is C51H35N3O2. The number of hydrogen-bond donors (Lipinski definition) is 0. The molecule has 0 spiro atoms. The number of anilines is 4. The third kappa shape index (κ3) is 4.05. The van der Waals surface area contributed by atoms with E-state index in [0.717, 1.165) is 67.6 Å². The van der Waals surface area contributed by atoms with Crippen LogP contribution in [0.1, 0.15) is 54.4 Å². The zero-order valence-corrected chi connectivity index (χ0v) is 31.0. The molecule has 1 aromatic heterocycles. The molecular weight excluding hydrogens is 687 g/mol. The second-order valence-electron chi connectivity index (χ2n) is 16.2. The lowest BCUT2D eigenvalue weighted by Gasteiger charge is -2.40. The summed E-state index contributed by atoms with van der Waals surface area (Å²) in [6.45, 7) is 4.61. The minimum Gasteiger partial charge on any atom is -0.460 e. The molecule has 0 amide bonds. The van der Waals surface area contributed by atoms with Gasteiger partial charge >= 0.3 is 0 Å². The van der Waals surface area contributed by atoms with Crippen molar-refractivity contribution in [3.8, 4) is 22.9 Å². The first kappa shape index (κ1) is 31.4. The number of allylic oxidation sites excluding steroid dienone is 1. The van der Waals surface area contributed by atoms with Gasteiger partial charge in [0.1, 0.15) is 22.5 Å². The minimum absolute atomic E-state index is 0.108. The topological polar surface area (TPSA) is 52.6 Å². The van der Waals surface area contributed by atoms with Crippen molar-refractivity contribution < 1.29 is 9.15 Å². The van der Waals surface area contributed by atoms with Gasteiger partial charge in [-0.2, -0.15) is 5.26 Å². The summed E-state index contributed by atoms with van der Waals surface area (Å²) in [6, 6.07) is 53.9. The molecule has 0 N–H and O–H groups in total. The van der Waals surface area contributed by atoms with Gasteiger partial charge in [-0.1, -0.05) is 84.9 Å². The normalized spacial score (nSPS) is 24.4. The molecule has 56 heavy (non-hydrogen) atoms. The first-order valence-corrected chi connectivity index (χ1v) is 19.4. The van der Waals surface area contributed by atoms with E-state index in [1.54, 1.807) is 0 Å². The molecule has 0 saturated carbocycles. The maximum absolute atomic E-state index is 10.7. The summed E-state index contributed by atoms with van der Waals surface area (Å²) in [5, 5.41) is 12.9. The molecule has 0 fully saturated rings. The number of nitriles is 1. The summed E-state index contributed by atoms with van der Waals surface area (Å²) in [5.41, 5.74) is 11.9. The van der Waals surface area contributed by atoms with E-state index in [9.17, 15) is 5.26 Å². The predicted molar refractivity (Wildman–Crippen MR) is 221 cm³/mol. The van der Waals surface area contributed by atoms with Crippen molar-refractivity contribution in [2.24, 2.45) is 0 Å². The van der Waals surface area contributed by atoms with Crippen LogP contribution < -0.4 is 25.2 Å². The van der Waals surface area contributed by atoms with Gasteiger partial charge in [-0.05, 0) is 110 Å². The number of fused-ring (bicyclic) bond motifs is 12. The highest BCUT2D eigenvalue weighted by atomic mass is 16.5. The first-order valence-electron chi connectivity index (χ1n) is 19.4. The van der Waals surface area contributed by atoms with Crippen LogP contribution in [0.3, 0.4) is 0 Å². The minimum atomic E-state index is -0.365. The van der Waals surface area contributed by atoms with Crippen molar-refractivity contribution in [2.45, 2.75) is 49.1 Å². The third-order valence-electron chi connectivity index (χ3n) is 13.2. The van der Waals surface area contributed by atoms with Crippen LogP contribution in [-0.2, 0) is 5.41 Å². The van der Waals surface area contributed by atoms with Crippen LogP contribution in [0.15, 0.2) is 144 Å². The third-order valence-corrected chi connectivity index (χ3v) is 13.2. The van der Waals surface area contributed by atoms with Gasteiger partial charge in [-0.15, -0.1) is 0 Å². The van der Waals surface area contributed by atoms with Crippen molar-refractivity contribution >= 4 is 45.9 Å². The van der Waals surface area contributed by atoms with Crippen molar-refractivity contribution in [1.82, 2.24) is 0 Å². The highest BCUT2D eigenvalue weighted by molar-refractivity contribution is 5.91. The molecule has 0 bridgehead atoms. The average Bonchev–Trinajstić information content (AvgIpc) is 3.92. The Kier molecular flexibility index (Phi) is 6.20. The van der Waals surface area contributed by atoms with Gasteiger partial charge in [-0.3, -0.25) is 0 Å². The highest BCUT2D eigenvalue weighted by Gasteiger charge is 2.53. The summed E-state index contributed by atoms with van der Waals surface area (Å²) in [5.74, 6) is 2.11. The lowest BCUT2D eigenvalue weighted by Crippen LogP contribution is -2.46. The van der Waals surface area contributed by atoms with Crippen LogP contribution in [0.25, 0.3) is 34.2 Å². The Labute approximate surface area is 325 Å². The van der Waals surface area contributed by atoms with Gasteiger partial charge in [0.2, 0.25) is 0 Å². The summed E-state index contributed by atoms with van der Waals surface area (Å²) >= 11 is 0. The van der Waals surface area contributed by atoms with E-state index in [0.29, 0.717) is 5.56 Å². The number of hydrogen-bond acceptors (Lipinski definition) is 5. The molecule has 0 saturated heterocycles. The Morgan fingerprint density at radius 2 is 1.55 bits per heavy atom. The maximum atomic E-state index is 10.7. The van der Waals surface area contributed by atoms with E-state index in [-0.39, 0.29) is 28.8 Å². The molecule has 5 unspecified atom stereocenters. The van der Waals surface area contributed by atoms with Crippen LogP contribution in [0.5, 0.6) is 5.75 Å². The second-order valence-corrected chi connectivity index (χ2v) is 16.2. The van der Waals surface area contributed by atoms with Crippen LogP contribution in [0.2, 0.25) is 0 Å². The van der Waals surface area contributed by atoms with Crippen molar-refractivity contribution in [2.75, 3.05) is 9.80 Å². The number of benzene rings is 5. The fraction of sp³-hybridized carbons (Fsp3) is 0.157. The zero-order chi connectivity index (χ0) is 37.3. The molecule has 0 radical (unpaired) electrons. The molecule has 6 aromatic carbocycles. The van der Waals surface area contributed by atoms with Crippen LogP contribution in [0.4, 0.5) is 22.7 Å². The SMILES string of the molecule is CC12CC3C(C=C1Oc1ccc#cc12)c1ccccc1N3c1cccc(C#N)c1-c1ccc(N2c3ccccc3C3C=c4oc5ccccc5c4=CC32C)cc1. The number of ether oxygens (including phenoxy) is 1. The van der Waals surface area contributed by atoms with Gasteiger partial charge in [0.25, 0.3) is 0 Å². The Morgan fingerprint density at radius 3 is 2.41 bits per heavy atom. The smallest absolute Gasteiger partial charge is 0.140 e. The van der Waals surface area contributed by atoms with Crippen molar-refractivity contribution in [3.63, 3.8) is 0 Å². The molecule has 5 heteroatoms. The van der Waals surface area contributed by atoms with Gasteiger partial charge < -0.3 is 19.0 Å². The molecule has 7 aromatic rings. The number of para-hydroxylation sites is 3. The van der Waals surface area contributed by atoms with Gasteiger partial charge in [0.05, 0.1) is 33.8 Å². The largest absolute Gasteiger partial charge is 0.460 e. The van der Waals surface area contributed by atoms with Gasteiger partial charge in [-0.25, -0.2) is 0 Å². The molecule has 3 aliphatic heterocycles. The summed E-state index contributed by atoms with van der Waals surface area (Å²) in [7, 11) is 0. The Morgan fingerprint density at radius 1 is 0.786 bits per heavy atom. The zero-order valence-electron chi connectivity index (χ0n) is 31.0. The summed E-state index contributed by atoms with van der Waals surface area (Å²) < 4.78 is 12.9. The summed E-state index contributed by atoms with van der Waals surface area (Å²) in [4.78, 5) is 4.98. The second kappa shape index (κ2) is 11.1. The molecule has 5 atom stereocenters. The highest BCUT2D eigenvalue weighted by Crippen LogP contribution is 2.59. The van der Waals surface area contributed by atoms with E-state index >= 15 is 0 Å². The van der Waals surface area contributed by atoms with E-state index in [1.807, 2.05) is 36.4 Å². The van der Waals surface area contributed by atoms with Gasteiger partial charge in [0.15, 0.2) is 0 Å². The molecule has 5 aliphatic rings.